The lowest BCUT2D eigenvalue weighted by atomic mass is 10.1. The molecule has 0 aromatic heterocycles. The number of anilines is 1. The van der Waals surface area contributed by atoms with Gasteiger partial charge in [0.25, 0.3) is 5.91 Å². The Balaban J connectivity index is 2.27. The van der Waals surface area contributed by atoms with Gasteiger partial charge in [-0.2, -0.15) is 0 Å². The maximum Gasteiger partial charge on any atom is 0.305 e. The van der Waals surface area contributed by atoms with E-state index in [1.165, 1.54) is 17.9 Å². The predicted octanol–water partition coefficient (Wildman–Crippen LogP) is 1.53. The van der Waals surface area contributed by atoms with E-state index < -0.39 is 16.0 Å². The average Bonchev–Trinajstić information content (AvgIpc) is 2.94. The number of likely N-dealkylation sites (tertiary alicyclic amines) is 1. The molecule has 0 saturated carbocycles. The monoisotopic (exact) mass is 340 g/mol. The van der Waals surface area contributed by atoms with Crippen LogP contribution in [0.25, 0.3) is 0 Å². The van der Waals surface area contributed by atoms with Gasteiger partial charge in [-0.25, -0.2) is 8.42 Å². The summed E-state index contributed by atoms with van der Waals surface area (Å²) in [6.45, 7) is 1.99. The molecule has 7 nitrogen and oxygen atoms in total. The molecule has 2 N–H and O–H groups in total. The number of hydrogen-bond donors (Lipinski definition) is 2. The Kier molecular flexibility index (Phi) is 5.25. The van der Waals surface area contributed by atoms with E-state index in [4.69, 9.17) is 5.11 Å². The number of nitrogens with zero attached hydrogens (tertiary/aromatic N) is 1. The number of carboxylic acids is 1. The van der Waals surface area contributed by atoms with Crippen LogP contribution in [0.1, 0.15) is 36.5 Å². The molecule has 0 spiro atoms. The topological polar surface area (TPSA) is 104 Å². The zero-order chi connectivity index (χ0) is 17.0. The van der Waals surface area contributed by atoms with Gasteiger partial charge in [0.15, 0.2) is 0 Å². The third-order valence-corrected chi connectivity index (χ3v) is 5.14. The number of nitrogens with one attached hydrogen (secondary N) is 1. The summed E-state index contributed by atoms with van der Waals surface area (Å²) >= 11 is 0. The van der Waals surface area contributed by atoms with Crippen LogP contribution in [0, 0.1) is 0 Å². The minimum atomic E-state index is -3.50. The van der Waals surface area contributed by atoms with Crippen LogP contribution in [0.5, 0.6) is 0 Å². The van der Waals surface area contributed by atoms with Crippen molar-refractivity contribution in [2.75, 3.05) is 17.0 Å². The first-order valence-electron chi connectivity index (χ1n) is 7.46. The second-order valence-electron chi connectivity index (χ2n) is 5.44. The molecule has 1 unspecified atom stereocenters. The molecule has 1 amide bonds. The van der Waals surface area contributed by atoms with Crippen molar-refractivity contribution in [3.05, 3.63) is 29.8 Å². The van der Waals surface area contributed by atoms with Gasteiger partial charge in [0.2, 0.25) is 10.0 Å². The summed E-state index contributed by atoms with van der Waals surface area (Å²) in [5.74, 6) is -1.39. The lowest BCUT2D eigenvalue weighted by Crippen LogP contribution is -2.37. The molecule has 1 aromatic rings. The number of amides is 1. The fraction of sp³-hybridized carbons (Fsp3) is 0.467. The maximum atomic E-state index is 12.7. The van der Waals surface area contributed by atoms with Crippen LogP contribution in [0.4, 0.5) is 5.69 Å². The molecule has 1 saturated heterocycles. The number of carboxylic acid groups (broad SMARTS) is 1. The first kappa shape index (κ1) is 17.3. The van der Waals surface area contributed by atoms with Gasteiger partial charge in [-0.1, -0.05) is 12.1 Å². The summed E-state index contributed by atoms with van der Waals surface area (Å²) in [6.07, 6.45) is 1.28. The van der Waals surface area contributed by atoms with Crippen molar-refractivity contribution in [2.24, 2.45) is 0 Å². The quantitative estimate of drug-likeness (QED) is 0.817. The molecule has 1 aliphatic heterocycles. The molecule has 8 heteroatoms. The highest BCUT2D eigenvalue weighted by atomic mass is 32.2. The van der Waals surface area contributed by atoms with Gasteiger partial charge in [-0.3, -0.25) is 14.3 Å². The SMILES string of the molecule is CCS(=O)(=O)Nc1ccccc1C(=O)N1CCCC1CC(=O)O. The summed E-state index contributed by atoms with van der Waals surface area (Å²) in [5.41, 5.74) is 0.460. The number of hydrogen-bond acceptors (Lipinski definition) is 4. The second-order valence-corrected chi connectivity index (χ2v) is 7.45. The number of rotatable bonds is 6. The molecule has 0 radical (unpaired) electrons. The number of benzene rings is 1. The third-order valence-electron chi connectivity index (χ3n) is 3.85. The van der Waals surface area contributed by atoms with Crippen molar-refractivity contribution in [3.8, 4) is 0 Å². The molecule has 126 valence electrons. The molecule has 1 aliphatic rings. The van der Waals surface area contributed by atoms with Crippen molar-refractivity contribution in [1.29, 1.82) is 0 Å². The van der Waals surface area contributed by atoms with E-state index in [0.717, 1.165) is 6.42 Å². The summed E-state index contributed by atoms with van der Waals surface area (Å²) in [4.78, 5) is 25.2. The molecule has 0 bridgehead atoms. The lowest BCUT2D eigenvalue weighted by molar-refractivity contribution is -0.137. The van der Waals surface area contributed by atoms with E-state index in [2.05, 4.69) is 4.72 Å². The van der Waals surface area contributed by atoms with Gasteiger partial charge in [-0.05, 0) is 31.9 Å². The van der Waals surface area contributed by atoms with Crippen molar-refractivity contribution < 1.29 is 23.1 Å². The van der Waals surface area contributed by atoms with Crippen LogP contribution in [-0.2, 0) is 14.8 Å². The van der Waals surface area contributed by atoms with Gasteiger partial charge in [0.1, 0.15) is 0 Å². The van der Waals surface area contributed by atoms with Gasteiger partial charge in [0.05, 0.1) is 23.4 Å². The number of para-hydroxylation sites is 1. The normalized spacial score (nSPS) is 18.0. The van der Waals surface area contributed by atoms with E-state index in [0.29, 0.717) is 13.0 Å². The first-order chi connectivity index (χ1) is 10.8. The molecular weight excluding hydrogens is 320 g/mol. The number of carbonyl (C=O) groups is 2. The Morgan fingerprint density at radius 1 is 1.35 bits per heavy atom. The highest BCUT2D eigenvalue weighted by Crippen LogP contribution is 2.26. The fourth-order valence-corrected chi connectivity index (χ4v) is 3.33. The Morgan fingerprint density at radius 2 is 2.04 bits per heavy atom. The largest absolute Gasteiger partial charge is 0.481 e. The minimum Gasteiger partial charge on any atom is -0.481 e. The first-order valence-corrected chi connectivity index (χ1v) is 9.11. The third kappa shape index (κ3) is 4.22. The smallest absolute Gasteiger partial charge is 0.305 e. The molecule has 1 fully saturated rings. The van der Waals surface area contributed by atoms with Crippen LogP contribution in [0.2, 0.25) is 0 Å². The van der Waals surface area contributed by atoms with E-state index in [9.17, 15) is 18.0 Å². The fourth-order valence-electron chi connectivity index (χ4n) is 2.67. The molecule has 1 atom stereocenters. The minimum absolute atomic E-state index is 0.0964. The predicted molar refractivity (Wildman–Crippen MR) is 85.8 cm³/mol. The maximum absolute atomic E-state index is 12.7. The molecule has 23 heavy (non-hydrogen) atoms. The highest BCUT2D eigenvalue weighted by molar-refractivity contribution is 7.92. The van der Waals surface area contributed by atoms with Crippen LogP contribution < -0.4 is 4.72 Å². The summed E-state index contributed by atoms with van der Waals surface area (Å²) in [7, 11) is -3.50. The molecule has 2 rings (SSSR count). The molecule has 1 aromatic carbocycles. The lowest BCUT2D eigenvalue weighted by Gasteiger charge is -2.24. The van der Waals surface area contributed by atoms with Gasteiger partial charge in [0, 0.05) is 12.6 Å². The summed E-state index contributed by atoms with van der Waals surface area (Å²) in [6, 6.07) is 6.02. The Bertz CT molecular complexity index is 702. The van der Waals surface area contributed by atoms with Gasteiger partial charge >= 0.3 is 5.97 Å². The van der Waals surface area contributed by atoms with E-state index in [1.54, 1.807) is 18.2 Å². The van der Waals surface area contributed by atoms with Crippen LogP contribution in [-0.4, -0.2) is 48.6 Å². The van der Waals surface area contributed by atoms with Crippen LogP contribution >= 0.6 is 0 Å². The molecular formula is C15H20N2O5S. The van der Waals surface area contributed by atoms with E-state index >= 15 is 0 Å². The Labute approximate surface area is 135 Å². The molecule has 0 aliphatic carbocycles. The second kappa shape index (κ2) is 6.99. The van der Waals surface area contributed by atoms with E-state index in [1.807, 2.05) is 0 Å². The summed E-state index contributed by atoms with van der Waals surface area (Å²) < 4.78 is 25.9. The molecule has 1 heterocycles. The van der Waals surface area contributed by atoms with Gasteiger partial charge < -0.3 is 10.0 Å². The van der Waals surface area contributed by atoms with Crippen molar-refractivity contribution >= 4 is 27.6 Å². The van der Waals surface area contributed by atoms with Crippen LogP contribution in [0.15, 0.2) is 24.3 Å². The number of sulfonamides is 1. The zero-order valence-corrected chi connectivity index (χ0v) is 13.7. The Morgan fingerprint density at radius 3 is 2.70 bits per heavy atom. The van der Waals surface area contributed by atoms with Crippen molar-refractivity contribution in [1.82, 2.24) is 4.90 Å². The van der Waals surface area contributed by atoms with Gasteiger partial charge in [-0.15, -0.1) is 0 Å². The van der Waals surface area contributed by atoms with Crippen molar-refractivity contribution in [2.45, 2.75) is 32.2 Å². The highest BCUT2D eigenvalue weighted by Gasteiger charge is 2.32. The average molecular weight is 340 g/mol. The number of aliphatic carboxylic acids is 1. The zero-order valence-electron chi connectivity index (χ0n) is 12.9. The number of carbonyl (C=O) groups excluding carboxylic acids is 1. The van der Waals surface area contributed by atoms with Crippen molar-refractivity contribution in [3.63, 3.8) is 0 Å². The Hall–Kier alpha value is -2.09. The standard InChI is InChI=1S/C15H20N2O5S/c1-2-23(21,22)16-13-8-4-3-7-12(13)15(20)17-9-5-6-11(17)10-14(18)19/h3-4,7-8,11,16H,2,5-6,9-10H2,1H3,(H,18,19). The van der Waals surface area contributed by atoms with Crippen LogP contribution in [0.3, 0.4) is 0 Å². The summed E-state index contributed by atoms with van der Waals surface area (Å²) in [5, 5.41) is 8.95. The van der Waals surface area contributed by atoms with E-state index in [-0.39, 0.29) is 35.4 Å².